The zero-order chi connectivity index (χ0) is 10.3. The highest BCUT2D eigenvalue weighted by molar-refractivity contribution is 5.45. The summed E-state index contributed by atoms with van der Waals surface area (Å²) in [6, 6.07) is 5.94. The van der Waals surface area contributed by atoms with E-state index in [-0.39, 0.29) is 0 Å². The maximum absolute atomic E-state index is 9.66. The average molecular weight is 190 g/mol. The number of aromatic nitrogens is 2. The van der Waals surface area contributed by atoms with Crippen molar-refractivity contribution in [1.82, 2.24) is 9.38 Å². The summed E-state index contributed by atoms with van der Waals surface area (Å²) in [4.78, 5) is 4.40. The van der Waals surface area contributed by atoms with Crippen molar-refractivity contribution >= 4 is 5.65 Å². The van der Waals surface area contributed by atoms with Gasteiger partial charge in [0.05, 0.1) is 17.5 Å². The maximum Gasteiger partial charge on any atom is 0.137 e. The SMILES string of the molecule is Cc1nc2cccc(C)n2c1C(C)O. The predicted molar refractivity (Wildman–Crippen MR) is 55.3 cm³/mol. The number of hydrogen-bond acceptors (Lipinski definition) is 2. The Morgan fingerprint density at radius 2 is 2.07 bits per heavy atom. The molecule has 3 nitrogen and oxygen atoms in total. The van der Waals surface area contributed by atoms with Crippen LogP contribution in [0.1, 0.15) is 30.1 Å². The molecule has 14 heavy (non-hydrogen) atoms. The fourth-order valence-electron chi connectivity index (χ4n) is 1.88. The second-order valence-electron chi connectivity index (χ2n) is 3.62. The minimum Gasteiger partial charge on any atom is -0.387 e. The first kappa shape index (κ1) is 9.21. The van der Waals surface area contributed by atoms with Gasteiger partial charge in [0.2, 0.25) is 0 Å². The molecule has 0 aliphatic carbocycles. The van der Waals surface area contributed by atoms with E-state index >= 15 is 0 Å². The van der Waals surface area contributed by atoms with E-state index in [0.29, 0.717) is 0 Å². The molecule has 74 valence electrons. The first-order valence-corrected chi connectivity index (χ1v) is 4.74. The van der Waals surface area contributed by atoms with Crippen LogP contribution in [0.4, 0.5) is 0 Å². The molecule has 2 heterocycles. The Morgan fingerprint density at radius 3 is 2.71 bits per heavy atom. The third kappa shape index (κ3) is 1.21. The van der Waals surface area contributed by atoms with Crippen molar-refractivity contribution in [2.75, 3.05) is 0 Å². The van der Waals surface area contributed by atoms with Crippen molar-refractivity contribution in [3.8, 4) is 0 Å². The van der Waals surface area contributed by atoms with Gasteiger partial charge in [-0.05, 0) is 32.9 Å². The Labute approximate surface area is 83.0 Å². The summed E-state index contributed by atoms with van der Waals surface area (Å²) >= 11 is 0. The van der Waals surface area contributed by atoms with Crippen molar-refractivity contribution in [3.05, 3.63) is 35.3 Å². The molecule has 0 bridgehead atoms. The van der Waals surface area contributed by atoms with Gasteiger partial charge < -0.3 is 5.11 Å². The third-order valence-corrected chi connectivity index (χ3v) is 2.45. The number of aliphatic hydroxyl groups is 1. The molecule has 2 aromatic heterocycles. The Bertz CT molecular complexity index is 471. The molecule has 0 spiro atoms. The van der Waals surface area contributed by atoms with Crippen LogP contribution in [0.15, 0.2) is 18.2 Å². The lowest BCUT2D eigenvalue weighted by Crippen LogP contribution is -2.01. The number of nitrogens with zero attached hydrogens (tertiary/aromatic N) is 2. The van der Waals surface area contributed by atoms with Gasteiger partial charge in [-0.3, -0.25) is 4.40 Å². The van der Waals surface area contributed by atoms with Gasteiger partial charge in [0.25, 0.3) is 0 Å². The van der Waals surface area contributed by atoms with Crippen LogP contribution >= 0.6 is 0 Å². The zero-order valence-corrected chi connectivity index (χ0v) is 8.65. The number of imidazole rings is 1. The smallest absolute Gasteiger partial charge is 0.137 e. The molecule has 1 unspecified atom stereocenters. The summed E-state index contributed by atoms with van der Waals surface area (Å²) in [5.74, 6) is 0. The normalized spacial score (nSPS) is 13.4. The van der Waals surface area contributed by atoms with E-state index in [4.69, 9.17) is 0 Å². The monoisotopic (exact) mass is 190 g/mol. The lowest BCUT2D eigenvalue weighted by Gasteiger charge is -2.07. The quantitative estimate of drug-likeness (QED) is 0.746. The van der Waals surface area contributed by atoms with Crippen molar-refractivity contribution in [2.24, 2.45) is 0 Å². The average Bonchev–Trinajstić information content (AvgIpc) is 2.42. The molecule has 0 aliphatic heterocycles. The highest BCUT2D eigenvalue weighted by Crippen LogP contribution is 2.20. The Balaban J connectivity index is 2.86. The molecule has 0 saturated heterocycles. The standard InChI is InChI=1S/C11H14N2O/c1-7-5-4-6-10-12-8(2)11(9(3)14)13(7)10/h4-6,9,14H,1-3H3. The van der Waals surface area contributed by atoms with E-state index in [9.17, 15) is 5.11 Å². The van der Waals surface area contributed by atoms with Crippen LogP contribution in [0, 0.1) is 13.8 Å². The second-order valence-corrected chi connectivity index (χ2v) is 3.62. The van der Waals surface area contributed by atoms with Crippen molar-refractivity contribution < 1.29 is 5.11 Å². The minimum absolute atomic E-state index is 0.480. The van der Waals surface area contributed by atoms with Gasteiger partial charge in [0.1, 0.15) is 5.65 Å². The fraction of sp³-hybridized carbons (Fsp3) is 0.364. The number of fused-ring (bicyclic) bond motifs is 1. The van der Waals surface area contributed by atoms with E-state index in [2.05, 4.69) is 4.98 Å². The fourth-order valence-corrected chi connectivity index (χ4v) is 1.88. The van der Waals surface area contributed by atoms with Gasteiger partial charge in [-0.15, -0.1) is 0 Å². The summed E-state index contributed by atoms with van der Waals surface area (Å²) in [6.07, 6.45) is -0.480. The van der Waals surface area contributed by atoms with Crippen molar-refractivity contribution in [1.29, 1.82) is 0 Å². The minimum atomic E-state index is -0.480. The molecule has 1 N–H and O–H groups in total. The Hall–Kier alpha value is -1.35. The maximum atomic E-state index is 9.66. The van der Waals surface area contributed by atoms with Crippen molar-refractivity contribution in [3.63, 3.8) is 0 Å². The largest absolute Gasteiger partial charge is 0.387 e. The molecule has 2 aromatic rings. The first-order valence-electron chi connectivity index (χ1n) is 4.74. The highest BCUT2D eigenvalue weighted by Gasteiger charge is 2.13. The van der Waals surface area contributed by atoms with Gasteiger partial charge in [-0.1, -0.05) is 6.07 Å². The molecular formula is C11H14N2O. The van der Waals surface area contributed by atoms with Crippen LogP contribution in [0.2, 0.25) is 0 Å². The topological polar surface area (TPSA) is 37.5 Å². The van der Waals surface area contributed by atoms with E-state index < -0.39 is 6.10 Å². The van der Waals surface area contributed by atoms with E-state index in [1.165, 1.54) is 0 Å². The summed E-state index contributed by atoms with van der Waals surface area (Å²) in [5, 5.41) is 9.66. The molecule has 0 amide bonds. The summed E-state index contributed by atoms with van der Waals surface area (Å²) in [6.45, 7) is 5.71. The number of pyridine rings is 1. The Morgan fingerprint density at radius 1 is 1.36 bits per heavy atom. The second kappa shape index (κ2) is 3.10. The molecule has 0 radical (unpaired) electrons. The first-order chi connectivity index (χ1) is 6.61. The molecule has 0 aliphatic rings. The number of aryl methyl sites for hydroxylation is 2. The van der Waals surface area contributed by atoms with Crippen LogP contribution < -0.4 is 0 Å². The van der Waals surface area contributed by atoms with E-state index in [1.54, 1.807) is 6.92 Å². The predicted octanol–water partition coefficient (Wildman–Crippen LogP) is 2.00. The van der Waals surface area contributed by atoms with Gasteiger partial charge in [-0.2, -0.15) is 0 Å². The van der Waals surface area contributed by atoms with Crippen LogP contribution in [0.3, 0.4) is 0 Å². The summed E-state index contributed by atoms with van der Waals surface area (Å²) in [7, 11) is 0. The third-order valence-electron chi connectivity index (χ3n) is 2.45. The molecule has 0 saturated carbocycles. The highest BCUT2D eigenvalue weighted by atomic mass is 16.3. The molecule has 3 heteroatoms. The molecular weight excluding hydrogens is 176 g/mol. The lowest BCUT2D eigenvalue weighted by atomic mass is 10.2. The number of hydrogen-bond donors (Lipinski definition) is 1. The zero-order valence-electron chi connectivity index (χ0n) is 8.65. The summed E-state index contributed by atoms with van der Waals surface area (Å²) in [5.41, 5.74) is 3.78. The number of aliphatic hydroxyl groups excluding tert-OH is 1. The Kier molecular flexibility index (Phi) is 2.04. The summed E-state index contributed by atoms with van der Waals surface area (Å²) < 4.78 is 2.00. The van der Waals surface area contributed by atoms with Gasteiger partial charge in [0, 0.05) is 5.69 Å². The lowest BCUT2D eigenvalue weighted by molar-refractivity contribution is 0.192. The van der Waals surface area contributed by atoms with Crippen LogP contribution in [-0.4, -0.2) is 14.5 Å². The van der Waals surface area contributed by atoms with Crippen molar-refractivity contribution in [2.45, 2.75) is 26.9 Å². The van der Waals surface area contributed by atoms with Crippen LogP contribution in [0.5, 0.6) is 0 Å². The van der Waals surface area contributed by atoms with Gasteiger partial charge in [0.15, 0.2) is 0 Å². The molecule has 0 fully saturated rings. The van der Waals surface area contributed by atoms with Crippen LogP contribution in [-0.2, 0) is 0 Å². The van der Waals surface area contributed by atoms with Crippen LogP contribution in [0.25, 0.3) is 5.65 Å². The van der Waals surface area contributed by atoms with Gasteiger partial charge >= 0.3 is 0 Å². The van der Waals surface area contributed by atoms with Gasteiger partial charge in [-0.25, -0.2) is 4.98 Å². The molecule has 0 aromatic carbocycles. The van der Waals surface area contributed by atoms with E-state index in [0.717, 1.165) is 22.7 Å². The molecule has 2 rings (SSSR count). The van der Waals surface area contributed by atoms with E-state index in [1.807, 2.05) is 36.4 Å². The molecule has 1 atom stereocenters. The number of rotatable bonds is 1.